The van der Waals surface area contributed by atoms with Crippen LogP contribution in [0.4, 0.5) is 18.9 Å². The number of hydrogen-bond acceptors (Lipinski definition) is 5. The molecule has 8 nitrogen and oxygen atoms in total. The molecule has 0 bridgehead atoms. The molecule has 4 rings (SSSR count). The van der Waals surface area contributed by atoms with E-state index in [-0.39, 0.29) is 24.3 Å². The van der Waals surface area contributed by atoms with Gasteiger partial charge in [0.1, 0.15) is 0 Å². The summed E-state index contributed by atoms with van der Waals surface area (Å²) in [5.74, 6) is -1.09. The van der Waals surface area contributed by atoms with Crippen molar-refractivity contribution in [2.75, 3.05) is 31.1 Å². The highest BCUT2D eigenvalue weighted by molar-refractivity contribution is 5.95. The zero-order valence-electron chi connectivity index (χ0n) is 19.5. The van der Waals surface area contributed by atoms with E-state index in [0.29, 0.717) is 49.4 Å². The van der Waals surface area contributed by atoms with Crippen LogP contribution >= 0.6 is 0 Å². The van der Waals surface area contributed by atoms with Crippen molar-refractivity contribution in [3.63, 3.8) is 0 Å². The van der Waals surface area contributed by atoms with E-state index in [1.807, 2.05) is 0 Å². The lowest BCUT2D eigenvalue weighted by Crippen LogP contribution is -2.42. The fourth-order valence-electron chi connectivity index (χ4n) is 5.39. The Labute approximate surface area is 201 Å². The lowest BCUT2D eigenvalue weighted by Gasteiger charge is -2.36. The minimum atomic E-state index is -4.66. The minimum Gasteiger partial charge on any atom is -0.370 e. The number of likely N-dealkylation sites (tertiary alicyclic amines) is 1. The Bertz CT molecular complexity index is 1180. The molecule has 1 aromatic heterocycles. The smallest absolute Gasteiger partial charge is 0.370 e. The molecule has 2 saturated heterocycles. The number of benzene rings is 1. The normalized spacial score (nSPS) is 21.3. The van der Waals surface area contributed by atoms with Gasteiger partial charge >= 0.3 is 6.18 Å². The number of carbonyl (C=O) groups is 2. The monoisotopic (exact) mass is 488 g/mol. The molecule has 2 N–H and O–H groups in total. The number of nitriles is 1. The van der Waals surface area contributed by atoms with Crippen LogP contribution in [0.25, 0.3) is 0 Å². The molecule has 2 aliphatic heterocycles. The summed E-state index contributed by atoms with van der Waals surface area (Å²) in [7, 11) is 1.76. The minimum absolute atomic E-state index is 0.0780. The van der Waals surface area contributed by atoms with Gasteiger partial charge in [-0.2, -0.15) is 23.5 Å². The van der Waals surface area contributed by atoms with Crippen molar-refractivity contribution in [1.29, 1.82) is 5.26 Å². The summed E-state index contributed by atoms with van der Waals surface area (Å²) in [5, 5.41) is 13.3. The first-order valence-electron chi connectivity index (χ1n) is 11.4. The van der Waals surface area contributed by atoms with Crippen LogP contribution in [-0.2, 0) is 18.0 Å². The molecule has 0 unspecified atom stereocenters. The van der Waals surface area contributed by atoms with Crippen LogP contribution in [0.15, 0.2) is 24.4 Å². The number of aryl methyl sites for hydroxylation is 2. The Morgan fingerprint density at radius 2 is 1.89 bits per heavy atom. The average Bonchev–Trinajstić information content (AvgIpc) is 3.41. The number of nitrogens with zero attached hydrogens (tertiary/aromatic N) is 5. The summed E-state index contributed by atoms with van der Waals surface area (Å²) in [6.45, 7) is 3.44. The number of carbonyl (C=O) groups excluding carboxylic acids is 2. The Morgan fingerprint density at radius 3 is 2.43 bits per heavy atom. The van der Waals surface area contributed by atoms with Gasteiger partial charge in [-0.15, -0.1) is 0 Å². The molecule has 3 heterocycles. The fourth-order valence-corrected chi connectivity index (χ4v) is 5.39. The van der Waals surface area contributed by atoms with Crippen molar-refractivity contribution >= 4 is 17.5 Å². The van der Waals surface area contributed by atoms with Crippen molar-refractivity contribution in [1.82, 2.24) is 14.7 Å². The first kappa shape index (κ1) is 24.6. The van der Waals surface area contributed by atoms with Crippen LogP contribution in [-0.4, -0.2) is 52.7 Å². The number of rotatable bonds is 4. The van der Waals surface area contributed by atoms with E-state index in [0.717, 1.165) is 12.1 Å². The Balaban J connectivity index is 1.48. The van der Waals surface area contributed by atoms with Crippen molar-refractivity contribution in [3.05, 3.63) is 46.8 Å². The second kappa shape index (κ2) is 9.24. The van der Waals surface area contributed by atoms with Gasteiger partial charge in [-0.05, 0) is 49.8 Å². The molecule has 2 amide bonds. The highest BCUT2D eigenvalue weighted by atomic mass is 19.4. The maximum Gasteiger partial charge on any atom is 0.417 e. The van der Waals surface area contributed by atoms with Crippen LogP contribution in [0, 0.1) is 36.0 Å². The molecule has 2 aromatic rings. The second-order valence-corrected chi connectivity index (χ2v) is 9.35. The third-order valence-electron chi connectivity index (χ3n) is 7.20. The van der Waals surface area contributed by atoms with Crippen molar-refractivity contribution in [2.24, 2.45) is 30.5 Å². The SMILES string of the molecule is Cc1nn(C)cc1C(=O)N1CCC([C@@H]2CN(c3ccc(C#N)c(C(F)(F)F)c3)C[C@H]2C(N)=O)CC1. The molecule has 186 valence electrons. The third-order valence-corrected chi connectivity index (χ3v) is 7.20. The summed E-state index contributed by atoms with van der Waals surface area (Å²) < 4.78 is 41.9. The molecule has 2 atom stereocenters. The number of amides is 2. The van der Waals surface area contributed by atoms with E-state index in [1.165, 1.54) is 6.07 Å². The Kier molecular flexibility index (Phi) is 6.49. The van der Waals surface area contributed by atoms with Crippen LogP contribution < -0.4 is 10.6 Å². The molecule has 2 fully saturated rings. The van der Waals surface area contributed by atoms with E-state index < -0.39 is 29.1 Å². The molecular formula is C24H27F3N6O2. The molecular weight excluding hydrogens is 461 g/mol. The number of hydrogen-bond donors (Lipinski definition) is 1. The molecule has 0 radical (unpaired) electrons. The quantitative estimate of drug-likeness (QED) is 0.712. The standard InChI is InChI=1S/C24H27F3N6O2/c1-14-18(11-31(2)30-14)23(35)32-7-5-15(6-8-32)19-12-33(13-20(19)22(29)34)17-4-3-16(10-28)21(9-17)24(25,26)27/h3-4,9,11,15,19-20H,5-8,12-13H2,1-2H3,(H2,29,34)/t19-,20+/m0/s1. The lowest BCUT2D eigenvalue weighted by atomic mass is 9.78. The highest BCUT2D eigenvalue weighted by Crippen LogP contribution is 2.40. The average molecular weight is 489 g/mol. The van der Waals surface area contributed by atoms with E-state index in [4.69, 9.17) is 11.0 Å². The zero-order chi connectivity index (χ0) is 25.5. The number of anilines is 1. The van der Waals surface area contributed by atoms with Gasteiger partial charge < -0.3 is 15.5 Å². The summed E-state index contributed by atoms with van der Waals surface area (Å²) in [5.41, 5.74) is 5.80. The summed E-state index contributed by atoms with van der Waals surface area (Å²) >= 11 is 0. The molecule has 0 saturated carbocycles. The van der Waals surface area contributed by atoms with Crippen LogP contribution in [0.3, 0.4) is 0 Å². The second-order valence-electron chi connectivity index (χ2n) is 9.35. The summed E-state index contributed by atoms with van der Waals surface area (Å²) in [6.07, 6.45) is -1.60. The van der Waals surface area contributed by atoms with E-state index in [1.54, 1.807) is 40.7 Å². The van der Waals surface area contributed by atoms with Crippen LogP contribution in [0.2, 0.25) is 0 Å². The van der Waals surface area contributed by atoms with Gasteiger partial charge in [0.15, 0.2) is 0 Å². The van der Waals surface area contributed by atoms with Gasteiger partial charge in [-0.1, -0.05) is 0 Å². The van der Waals surface area contributed by atoms with Crippen molar-refractivity contribution in [3.8, 4) is 6.07 Å². The first-order chi connectivity index (χ1) is 16.5. The maximum atomic E-state index is 13.4. The Morgan fingerprint density at radius 1 is 1.20 bits per heavy atom. The summed E-state index contributed by atoms with van der Waals surface area (Å²) in [6, 6.07) is 5.20. The van der Waals surface area contributed by atoms with Crippen LogP contribution in [0.1, 0.15) is 40.0 Å². The topological polar surface area (TPSA) is 108 Å². The van der Waals surface area contributed by atoms with E-state index in [2.05, 4.69) is 5.10 Å². The molecule has 0 spiro atoms. The van der Waals surface area contributed by atoms with Crippen LogP contribution in [0.5, 0.6) is 0 Å². The fraction of sp³-hybridized carbons (Fsp3) is 0.500. The van der Waals surface area contributed by atoms with E-state index in [9.17, 15) is 22.8 Å². The van der Waals surface area contributed by atoms with Gasteiger partial charge in [0, 0.05) is 45.1 Å². The number of aromatic nitrogens is 2. The summed E-state index contributed by atoms with van der Waals surface area (Å²) in [4.78, 5) is 28.7. The zero-order valence-corrected chi connectivity index (χ0v) is 19.5. The molecule has 2 aliphatic rings. The Hall–Kier alpha value is -3.55. The molecule has 35 heavy (non-hydrogen) atoms. The highest BCUT2D eigenvalue weighted by Gasteiger charge is 2.43. The number of alkyl halides is 3. The van der Waals surface area contributed by atoms with Gasteiger partial charge in [-0.3, -0.25) is 14.3 Å². The van der Waals surface area contributed by atoms with Crippen molar-refractivity contribution < 1.29 is 22.8 Å². The lowest BCUT2D eigenvalue weighted by molar-refractivity contribution is -0.137. The van der Waals surface area contributed by atoms with Gasteiger partial charge in [0.25, 0.3) is 5.91 Å². The first-order valence-corrected chi connectivity index (χ1v) is 11.4. The number of primary amides is 1. The largest absolute Gasteiger partial charge is 0.417 e. The van der Waals surface area contributed by atoms with Crippen molar-refractivity contribution in [2.45, 2.75) is 25.9 Å². The number of piperidine rings is 1. The maximum absolute atomic E-state index is 13.4. The molecule has 0 aliphatic carbocycles. The number of halogens is 3. The molecule has 1 aromatic carbocycles. The van der Waals surface area contributed by atoms with Gasteiger partial charge in [-0.25, -0.2) is 0 Å². The number of nitrogens with two attached hydrogens (primary N) is 1. The molecule has 11 heteroatoms. The predicted octanol–water partition coefficient (Wildman–Crippen LogP) is 2.71. The van der Waals surface area contributed by atoms with Gasteiger partial charge in [0.2, 0.25) is 5.91 Å². The predicted molar refractivity (Wildman–Crippen MR) is 121 cm³/mol. The van der Waals surface area contributed by atoms with Gasteiger partial charge in [0.05, 0.1) is 34.4 Å². The van der Waals surface area contributed by atoms with E-state index >= 15 is 0 Å². The third kappa shape index (κ3) is 4.83.